The maximum Gasteiger partial charge on any atom is 0.494 e. The number of carboxylic acid groups (broad SMARTS) is 1. The quantitative estimate of drug-likeness (QED) is 0.255. The van der Waals surface area contributed by atoms with Gasteiger partial charge in [0.2, 0.25) is 5.91 Å². The first kappa shape index (κ1) is 32.9. The van der Waals surface area contributed by atoms with E-state index in [2.05, 4.69) is 5.32 Å². The molecule has 2 fully saturated rings. The van der Waals surface area contributed by atoms with Crippen LogP contribution in [0.15, 0.2) is 48.5 Å². The summed E-state index contributed by atoms with van der Waals surface area (Å²) in [5.41, 5.74) is 1.95. The number of benzene rings is 2. The molecule has 3 atom stereocenters. The predicted molar refractivity (Wildman–Crippen MR) is 169 cm³/mol. The smallest absolute Gasteiger partial charge is 0.465 e. The molecule has 2 aliphatic rings. The summed E-state index contributed by atoms with van der Waals surface area (Å²) in [5.74, 6) is -0.704. The fourth-order valence-corrected chi connectivity index (χ4v) is 6.31. The van der Waals surface area contributed by atoms with Gasteiger partial charge in [0, 0.05) is 42.6 Å². The average Bonchev–Trinajstić information content (AvgIpc) is 3.46. The van der Waals surface area contributed by atoms with Gasteiger partial charge in [-0.1, -0.05) is 36.4 Å². The van der Waals surface area contributed by atoms with Crippen molar-refractivity contribution in [1.29, 1.82) is 0 Å². The lowest BCUT2D eigenvalue weighted by molar-refractivity contribution is -0.132. The second kappa shape index (κ2) is 13.1. The first-order valence-corrected chi connectivity index (χ1v) is 15.6. The second-order valence-corrected chi connectivity index (χ2v) is 13.3. The van der Waals surface area contributed by atoms with Crippen LogP contribution in [0.1, 0.15) is 64.1 Å². The Morgan fingerprint density at radius 1 is 1.11 bits per heavy atom. The molecule has 4 N–H and O–H groups in total. The number of aromatic nitrogens is 1. The number of carbonyl (C=O) groups excluding carboxylic acids is 1. The number of rotatable bonds is 10. The van der Waals surface area contributed by atoms with Gasteiger partial charge in [0.25, 0.3) is 0 Å². The van der Waals surface area contributed by atoms with E-state index in [0.29, 0.717) is 30.4 Å². The molecule has 0 spiro atoms. The molecular formula is C33H43BFN3O7. The SMILES string of the molecule is CC1(C)OB(c2ccc(C[C@H](CC(=O)N3CCCC(c4cc5cccc(F)c5n4C[C@@H](O)CO)C3)NC(=O)O)cc2)OC1(C)C. The van der Waals surface area contributed by atoms with Gasteiger partial charge in [-0.15, -0.1) is 0 Å². The van der Waals surface area contributed by atoms with Crippen molar-refractivity contribution in [2.75, 3.05) is 19.7 Å². The van der Waals surface area contributed by atoms with Crippen molar-refractivity contribution in [3.8, 4) is 0 Å². The van der Waals surface area contributed by atoms with Gasteiger partial charge in [-0.05, 0) is 70.1 Å². The number of piperidine rings is 1. The summed E-state index contributed by atoms with van der Waals surface area (Å²) in [7, 11) is -0.507. The molecule has 0 saturated carbocycles. The molecule has 3 heterocycles. The fraction of sp³-hybridized carbons (Fsp3) is 0.515. The van der Waals surface area contributed by atoms with Crippen molar-refractivity contribution in [2.24, 2.45) is 0 Å². The summed E-state index contributed by atoms with van der Waals surface area (Å²) in [6, 6.07) is 13.7. The molecule has 12 heteroatoms. The summed E-state index contributed by atoms with van der Waals surface area (Å²) >= 11 is 0. The molecule has 5 rings (SSSR count). The number of carbonyl (C=O) groups is 2. The van der Waals surface area contributed by atoms with Gasteiger partial charge in [-0.3, -0.25) is 4.79 Å². The Kier molecular flexibility index (Phi) is 9.60. The van der Waals surface area contributed by atoms with Gasteiger partial charge >= 0.3 is 13.2 Å². The standard InChI is InChI=1S/C33H43BFN3O7/c1-32(2)33(3,4)45-34(44-32)24-12-10-21(11-13-24)15-25(36-31(42)43)17-29(41)37-14-6-8-23(18-37)28-16-22-7-5-9-27(35)30(22)38(28)19-26(40)20-39/h5,7,9-13,16,23,25-26,36,39-40H,6,8,14-15,17-20H2,1-4H3,(H,42,43)/t23?,25-,26-/m1/s1. The van der Waals surface area contributed by atoms with Crippen molar-refractivity contribution < 1.29 is 38.6 Å². The van der Waals surface area contributed by atoms with Crippen LogP contribution in [0.25, 0.3) is 10.9 Å². The molecular weight excluding hydrogens is 580 g/mol. The van der Waals surface area contributed by atoms with E-state index >= 15 is 0 Å². The molecule has 2 saturated heterocycles. The van der Waals surface area contributed by atoms with E-state index in [0.717, 1.165) is 29.6 Å². The third-order valence-corrected chi connectivity index (χ3v) is 9.44. The van der Waals surface area contributed by atoms with Crippen LogP contribution in [0.2, 0.25) is 0 Å². The van der Waals surface area contributed by atoms with Crippen LogP contribution < -0.4 is 10.8 Å². The average molecular weight is 624 g/mol. The first-order chi connectivity index (χ1) is 21.3. The highest BCUT2D eigenvalue weighted by atomic mass is 19.1. The Morgan fingerprint density at radius 2 is 1.80 bits per heavy atom. The minimum atomic E-state index is -1.20. The predicted octanol–water partition coefficient (Wildman–Crippen LogP) is 3.41. The number of likely N-dealkylation sites (tertiary alicyclic amines) is 1. The lowest BCUT2D eigenvalue weighted by atomic mass is 9.78. The van der Waals surface area contributed by atoms with E-state index in [1.807, 2.05) is 58.0 Å². The largest absolute Gasteiger partial charge is 0.494 e. The van der Waals surface area contributed by atoms with Gasteiger partial charge in [-0.2, -0.15) is 0 Å². The zero-order chi connectivity index (χ0) is 32.5. The number of aliphatic hydroxyl groups excluding tert-OH is 2. The van der Waals surface area contributed by atoms with Gasteiger partial charge in [-0.25, -0.2) is 9.18 Å². The third kappa shape index (κ3) is 7.19. The van der Waals surface area contributed by atoms with Crippen LogP contribution in [0.4, 0.5) is 9.18 Å². The Hall–Kier alpha value is -3.45. The minimum Gasteiger partial charge on any atom is -0.465 e. The maximum absolute atomic E-state index is 14.9. The summed E-state index contributed by atoms with van der Waals surface area (Å²) in [6.07, 6.45) is -0.464. The van der Waals surface area contributed by atoms with E-state index in [1.54, 1.807) is 21.6 Å². The molecule has 2 amide bonds. The number of aliphatic hydroxyl groups is 2. The van der Waals surface area contributed by atoms with E-state index in [4.69, 9.17) is 9.31 Å². The highest BCUT2D eigenvalue weighted by Gasteiger charge is 2.51. The van der Waals surface area contributed by atoms with Crippen molar-refractivity contribution >= 4 is 35.5 Å². The molecule has 10 nitrogen and oxygen atoms in total. The number of amides is 2. The van der Waals surface area contributed by atoms with E-state index in [-0.39, 0.29) is 24.8 Å². The zero-order valence-corrected chi connectivity index (χ0v) is 26.3. The fourth-order valence-electron chi connectivity index (χ4n) is 6.31. The molecule has 2 aromatic carbocycles. The minimum absolute atomic E-state index is 0.0150. The molecule has 0 aliphatic carbocycles. The van der Waals surface area contributed by atoms with Crippen molar-refractivity contribution in [3.05, 3.63) is 65.6 Å². The van der Waals surface area contributed by atoms with Crippen LogP contribution in [0.5, 0.6) is 0 Å². The molecule has 1 unspecified atom stereocenters. The Balaban J connectivity index is 1.28. The number of nitrogens with one attached hydrogen (secondary N) is 1. The molecule has 2 aliphatic heterocycles. The van der Waals surface area contributed by atoms with Crippen LogP contribution in [-0.4, -0.2) is 86.9 Å². The van der Waals surface area contributed by atoms with Crippen LogP contribution in [0, 0.1) is 5.82 Å². The Labute approximate surface area is 263 Å². The van der Waals surface area contributed by atoms with Crippen molar-refractivity contribution in [1.82, 2.24) is 14.8 Å². The topological polar surface area (TPSA) is 133 Å². The Morgan fingerprint density at radius 3 is 2.44 bits per heavy atom. The van der Waals surface area contributed by atoms with Gasteiger partial charge in [0.05, 0.1) is 36.0 Å². The van der Waals surface area contributed by atoms with Gasteiger partial charge < -0.3 is 39.4 Å². The third-order valence-electron chi connectivity index (χ3n) is 9.44. The van der Waals surface area contributed by atoms with Gasteiger partial charge in [0.15, 0.2) is 0 Å². The van der Waals surface area contributed by atoms with Crippen molar-refractivity contribution in [2.45, 2.75) is 89.2 Å². The number of para-hydroxylation sites is 1. The van der Waals surface area contributed by atoms with Crippen molar-refractivity contribution in [3.63, 3.8) is 0 Å². The zero-order valence-electron chi connectivity index (χ0n) is 26.3. The molecule has 45 heavy (non-hydrogen) atoms. The number of nitrogens with zero attached hydrogens (tertiary/aromatic N) is 2. The normalized spacial score (nSPS) is 20.7. The summed E-state index contributed by atoms with van der Waals surface area (Å²) in [4.78, 5) is 27.0. The maximum atomic E-state index is 14.9. The lowest BCUT2D eigenvalue weighted by Gasteiger charge is -2.34. The van der Waals surface area contributed by atoms with Crippen LogP contribution in [-0.2, 0) is 27.1 Å². The van der Waals surface area contributed by atoms with Crippen LogP contribution >= 0.6 is 0 Å². The van der Waals surface area contributed by atoms with E-state index in [1.165, 1.54) is 6.07 Å². The van der Waals surface area contributed by atoms with E-state index in [9.17, 15) is 29.3 Å². The highest BCUT2D eigenvalue weighted by Crippen LogP contribution is 2.37. The molecule has 3 aromatic rings. The molecule has 0 bridgehead atoms. The number of halogens is 1. The lowest BCUT2D eigenvalue weighted by Crippen LogP contribution is -2.44. The molecule has 1 aromatic heterocycles. The van der Waals surface area contributed by atoms with Gasteiger partial charge in [0.1, 0.15) is 5.82 Å². The molecule has 0 radical (unpaired) electrons. The summed E-state index contributed by atoms with van der Waals surface area (Å²) < 4.78 is 28.9. The number of fused-ring (bicyclic) bond motifs is 1. The number of hydrogen-bond acceptors (Lipinski definition) is 6. The van der Waals surface area contributed by atoms with E-state index < -0.39 is 49.0 Å². The monoisotopic (exact) mass is 623 g/mol. The second-order valence-electron chi connectivity index (χ2n) is 13.3. The molecule has 242 valence electrons. The summed E-state index contributed by atoms with van der Waals surface area (Å²) in [5, 5.41) is 32.4. The van der Waals surface area contributed by atoms with Crippen LogP contribution in [0.3, 0.4) is 0 Å². The highest BCUT2D eigenvalue weighted by molar-refractivity contribution is 6.62. The first-order valence-electron chi connectivity index (χ1n) is 15.6. The number of hydrogen-bond donors (Lipinski definition) is 4. The summed E-state index contributed by atoms with van der Waals surface area (Å²) in [6.45, 7) is 8.46. The Bertz CT molecular complexity index is 1510.